The van der Waals surface area contributed by atoms with E-state index in [2.05, 4.69) is 10.1 Å². The van der Waals surface area contributed by atoms with Crippen molar-refractivity contribution in [3.63, 3.8) is 0 Å². The van der Waals surface area contributed by atoms with Crippen LogP contribution in [0.3, 0.4) is 0 Å². The molecule has 0 amide bonds. The monoisotopic (exact) mass is 291 g/mol. The van der Waals surface area contributed by atoms with Crippen LogP contribution in [0.25, 0.3) is 0 Å². The molecule has 2 rings (SSSR count). The molecule has 1 atom stereocenters. The molecule has 6 heteroatoms. The van der Waals surface area contributed by atoms with Gasteiger partial charge in [0.25, 0.3) is 0 Å². The molecule has 0 saturated heterocycles. The van der Waals surface area contributed by atoms with Crippen LogP contribution in [0.4, 0.5) is 0 Å². The topological polar surface area (TPSA) is 83.4 Å². The minimum Gasteiger partial charge on any atom is -0.493 e. The smallest absolute Gasteiger partial charge is 0.229 e. The lowest BCUT2D eigenvalue weighted by molar-refractivity contribution is 0.268. The van der Waals surface area contributed by atoms with Gasteiger partial charge < -0.3 is 19.7 Å². The lowest BCUT2D eigenvalue weighted by Crippen LogP contribution is -2.06. The van der Waals surface area contributed by atoms with E-state index in [4.69, 9.17) is 19.7 Å². The van der Waals surface area contributed by atoms with Gasteiger partial charge in [-0.1, -0.05) is 25.1 Å². The van der Waals surface area contributed by atoms with Crippen LogP contribution in [0.1, 0.15) is 50.0 Å². The van der Waals surface area contributed by atoms with Crippen LogP contribution in [0.5, 0.6) is 11.5 Å². The van der Waals surface area contributed by atoms with Gasteiger partial charge in [0.1, 0.15) is 0 Å². The summed E-state index contributed by atoms with van der Waals surface area (Å²) < 4.78 is 16.1. The molecule has 0 radical (unpaired) electrons. The molecule has 0 spiro atoms. The van der Waals surface area contributed by atoms with Crippen LogP contribution in [0, 0.1) is 0 Å². The fourth-order valence-electron chi connectivity index (χ4n) is 1.79. The van der Waals surface area contributed by atoms with Crippen molar-refractivity contribution in [2.75, 3.05) is 7.11 Å². The molecule has 1 heterocycles. The van der Waals surface area contributed by atoms with Gasteiger partial charge in [0.2, 0.25) is 11.7 Å². The molecule has 2 aromatic rings. The predicted molar refractivity (Wildman–Crippen MR) is 78.3 cm³/mol. The first-order valence-corrected chi connectivity index (χ1v) is 6.90. The maximum absolute atomic E-state index is 5.85. The molecule has 6 nitrogen and oxygen atoms in total. The van der Waals surface area contributed by atoms with Crippen LogP contribution in [-0.2, 0) is 6.61 Å². The molecule has 1 aromatic heterocycles. The maximum Gasteiger partial charge on any atom is 0.229 e. The van der Waals surface area contributed by atoms with Gasteiger partial charge in [0, 0.05) is 12.0 Å². The Hall–Kier alpha value is -2.08. The van der Waals surface area contributed by atoms with Crippen LogP contribution in [-0.4, -0.2) is 17.3 Å². The number of hydrogen-bond acceptors (Lipinski definition) is 6. The van der Waals surface area contributed by atoms with Gasteiger partial charge in [-0.25, -0.2) is 0 Å². The van der Waals surface area contributed by atoms with Crippen molar-refractivity contribution in [1.29, 1.82) is 0 Å². The van der Waals surface area contributed by atoms with Crippen LogP contribution >= 0.6 is 0 Å². The number of aromatic nitrogens is 2. The first-order chi connectivity index (χ1) is 10.0. The normalized spacial score (nSPS) is 12.5. The average molecular weight is 291 g/mol. The van der Waals surface area contributed by atoms with Crippen molar-refractivity contribution in [2.24, 2.45) is 5.73 Å². The molecule has 0 aliphatic rings. The summed E-state index contributed by atoms with van der Waals surface area (Å²) in [5, 5.41) is 3.88. The molecule has 21 heavy (non-hydrogen) atoms. The lowest BCUT2D eigenvalue weighted by Gasteiger charge is -2.12. The summed E-state index contributed by atoms with van der Waals surface area (Å²) in [6.45, 7) is 6.13. The number of rotatable bonds is 6. The third kappa shape index (κ3) is 3.72. The molecule has 0 aliphatic heterocycles. The van der Waals surface area contributed by atoms with E-state index in [1.807, 2.05) is 39.0 Å². The minimum absolute atomic E-state index is 0.0567. The Balaban J connectivity index is 2.08. The fourth-order valence-corrected chi connectivity index (χ4v) is 1.79. The third-order valence-corrected chi connectivity index (χ3v) is 3.05. The number of methoxy groups -OCH3 is 1. The summed E-state index contributed by atoms with van der Waals surface area (Å²) in [4.78, 5) is 4.26. The summed E-state index contributed by atoms with van der Waals surface area (Å²) in [6, 6.07) is 5.56. The average Bonchev–Trinajstić information content (AvgIpc) is 2.93. The summed E-state index contributed by atoms with van der Waals surface area (Å²) in [5.74, 6) is 2.58. The maximum atomic E-state index is 5.85. The van der Waals surface area contributed by atoms with Gasteiger partial charge in [-0.3, -0.25) is 0 Å². The van der Waals surface area contributed by atoms with E-state index in [-0.39, 0.29) is 18.6 Å². The summed E-state index contributed by atoms with van der Waals surface area (Å²) in [6.07, 6.45) is 0. The summed E-state index contributed by atoms with van der Waals surface area (Å²) >= 11 is 0. The second kappa shape index (κ2) is 6.58. The van der Waals surface area contributed by atoms with E-state index in [1.165, 1.54) is 0 Å². The van der Waals surface area contributed by atoms with Gasteiger partial charge in [0.15, 0.2) is 18.1 Å². The van der Waals surface area contributed by atoms with E-state index in [9.17, 15) is 0 Å². The van der Waals surface area contributed by atoms with E-state index >= 15 is 0 Å². The molecule has 1 unspecified atom stereocenters. The fraction of sp³-hybridized carbons (Fsp3) is 0.467. The highest BCUT2D eigenvalue weighted by Crippen LogP contribution is 2.30. The second-order valence-corrected chi connectivity index (χ2v) is 5.19. The Morgan fingerprint density at radius 3 is 2.57 bits per heavy atom. The highest BCUT2D eigenvalue weighted by molar-refractivity contribution is 5.43. The Kier molecular flexibility index (Phi) is 4.80. The van der Waals surface area contributed by atoms with Crippen molar-refractivity contribution in [1.82, 2.24) is 10.1 Å². The Morgan fingerprint density at radius 1 is 1.24 bits per heavy atom. The largest absolute Gasteiger partial charge is 0.493 e. The van der Waals surface area contributed by atoms with E-state index in [0.717, 1.165) is 5.56 Å². The Morgan fingerprint density at radius 2 is 2.00 bits per heavy atom. The van der Waals surface area contributed by atoms with E-state index in [1.54, 1.807) is 7.11 Å². The lowest BCUT2D eigenvalue weighted by atomic mass is 10.1. The first-order valence-electron chi connectivity index (χ1n) is 6.90. The van der Waals surface area contributed by atoms with Crippen molar-refractivity contribution >= 4 is 0 Å². The molecular formula is C15H21N3O3. The quantitative estimate of drug-likeness (QED) is 0.881. The van der Waals surface area contributed by atoms with E-state index < -0.39 is 0 Å². The highest BCUT2D eigenvalue weighted by atomic mass is 16.5. The van der Waals surface area contributed by atoms with Gasteiger partial charge in [-0.2, -0.15) is 4.98 Å². The highest BCUT2D eigenvalue weighted by Gasteiger charge is 2.12. The van der Waals surface area contributed by atoms with E-state index in [0.29, 0.717) is 23.2 Å². The zero-order valence-corrected chi connectivity index (χ0v) is 12.8. The third-order valence-electron chi connectivity index (χ3n) is 3.05. The SMILES string of the molecule is COc1cc(C(C)N)ccc1OCc1noc(C(C)C)n1. The second-order valence-electron chi connectivity index (χ2n) is 5.19. The Labute approximate surface area is 124 Å². The predicted octanol–water partition coefficient (Wildman–Crippen LogP) is 2.80. The van der Waals surface area contributed by atoms with Crippen molar-refractivity contribution < 1.29 is 14.0 Å². The van der Waals surface area contributed by atoms with Crippen LogP contribution in [0.2, 0.25) is 0 Å². The van der Waals surface area contributed by atoms with Crippen LogP contribution in [0.15, 0.2) is 22.7 Å². The van der Waals surface area contributed by atoms with Gasteiger partial charge >= 0.3 is 0 Å². The molecule has 2 N–H and O–H groups in total. The molecule has 114 valence electrons. The summed E-state index contributed by atoms with van der Waals surface area (Å²) in [7, 11) is 1.60. The molecular weight excluding hydrogens is 270 g/mol. The molecule has 0 aliphatic carbocycles. The number of ether oxygens (including phenoxy) is 2. The van der Waals surface area contributed by atoms with Crippen molar-refractivity contribution in [2.45, 2.75) is 39.3 Å². The number of benzene rings is 1. The Bertz CT molecular complexity index is 594. The van der Waals surface area contributed by atoms with Crippen LogP contribution < -0.4 is 15.2 Å². The molecule has 1 aromatic carbocycles. The number of nitrogens with two attached hydrogens (primary N) is 1. The zero-order valence-electron chi connectivity index (χ0n) is 12.8. The molecule has 0 fully saturated rings. The van der Waals surface area contributed by atoms with Crippen molar-refractivity contribution in [3.8, 4) is 11.5 Å². The summed E-state index contributed by atoms with van der Waals surface area (Å²) in [5.41, 5.74) is 6.84. The van der Waals surface area contributed by atoms with Gasteiger partial charge in [-0.15, -0.1) is 0 Å². The zero-order chi connectivity index (χ0) is 15.4. The molecule has 0 saturated carbocycles. The van der Waals surface area contributed by atoms with Crippen molar-refractivity contribution in [3.05, 3.63) is 35.5 Å². The minimum atomic E-state index is -0.0567. The van der Waals surface area contributed by atoms with Gasteiger partial charge in [-0.05, 0) is 24.6 Å². The first kappa shape index (κ1) is 15.3. The number of nitrogens with zero attached hydrogens (tertiary/aromatic N) is 2. The number of hydrogen-bond donors (Lipinski definition) is 1. The standard InChI is InChI=1S/C15H21N3O3/c1-9(2)15-17-14(18-21-15)8-20-12-6-5-11(10(3)16)7-13(12)19-4/h5-7,9-10H,8,16H2,1-4H3. The van der Waals surface area contributed by atoms with Gasteiger partial charge in [0.05, 0.1) is 7.11 Å². The molecule has 0 bridgehead atoms.